The molecule has 1 aliphatic rings. The predicted molar refractivity (Wildman–Crippen MR) is 66.2 cm³/mol. The van der Waals surface area contributed by atoms with Crippen molar-refractivity contribution in [1.82, 2.24) is 19.9 Å². The van der Waals surface area contributed by atoms with E-state index >= 15 is 0 Å². The van der Waals surface area contributed by atoms with Gasteiger partial charge in [-0.1, -0.05) is 6.07 Å². The Morgan fingerprint density at radius 3 is 3.17 bits per heavy atom. The monoisotopic (exact) mass is 246 g/mol. The van der Waals surface area contributed by atoms with Gasteiger partial charge in [-0.15, -0.1) is 5.10 Å². The van der Waals surface area contributed by atoms with Crippen molar-refractivity contribution >= 4 is 17.5 Å². The molecule has 94 valence electrons. The summed E-state index contributed by atoms with van der Waals surface area (Å²) >= 11 is 0. The Kier molecular flexibility index (Phi) is 2.60. The van der Waals surface area contributed by atoms with Crippen LogP contribution in [0.2, 0.25) is 0 Å². The first-order valence-electron chi connectivity index (χ1n) is 5.84. The van der Waals surface area contributed by atoms with E-state index in [1.807, 2.05) is 29.3 Å². The van der Waals surface area contributed by atoms with E-state index in [0.29, 0.717) is 19.0 Å². The summed E-state index contributed by atoms with van der Waals surface area (Å²) in [5.41, 5.74) is 6.16. The van der Waals surface area contributed by atoms with Gasteiger partial charge >= 0.3 is 0 Å². The summed E-state index contributed by atoms with van der Waals surface area (Å²) in [4.78, 5) is 17.7. The molecule has 1 atom stereocenters. The third kappa shape index (κ3) is 1.78. The highest BCUT2D eigenvalue weighted by Gasteiger charge is 2.29. The number of hydrogen-bond donors (Lipinski definition) is 2. The standard InChI is InChI=1S/C11H14N6O/c12-10(18)8-7-13-4-6-16(8)11-14-9-3-1-2-5-17(9)15-11/h1-3,5,8,13H,4,6-7H2,(H2,12,18). The second kappa shape index (κ2) is 4.26. The summed E-state index contributed by atoms with van der Waals surface area (Å²) in [6, 6.07) is 5.26. The highest BCUT2D eigenvalue weighted by Crippen LogP contribution is 2.14. The minimum atomic E-state index is -0.392. The molecule has 18 heavy (non-hydrogen) atoms. The molecule has 0 bridgehead atoms. The molecule has 0 radical (unpaired) electrons. The molecular weight excluding hydrogens is 232 g/mol. The van der Waals surface area contributed by atoms with Gasteiger partial charge < -0.3 is 16.0 Å². The van der Waals surface area contributed by atoms with Crippen LogP contribution >= 0.6 is 0 Å². The normalized spacial score (nSPS) is 20.2. The molecule has 7 heteroatoms. The Morgan fingerprint density at radius 1 is 1.50 bits per heavy atom. The largest absolute Gasteiger partial charge is 0.368 e. The molecule has 0 aromatic carbocycles. The number of rotatable bonds is 2. The lowest BCUT2D eigenvalue weighted by Gasteiger charge is -2.33. The molecule has 1 unspecified atom stereocenters. The maximum Gasteiger partial charge on any atom is 0.246 e. The van der Waals surface area contributed by atoms with E-state index in [1.165, 1.54) is 0 Å². The molecule has 3 heterocycles. The van der Waals surface area contributed by atoms with Gasteiger partial charge in [-0.2, -0.15) is 4.98 Å². The number of anilines is 1. The summed E-state index contributed by atoms with van der Waals surface area (Å²) in [5.74, 6) is 0.188. The van der Waals surface area contributed by atoms with Crippen molar-refractivity contribution in [2.45, 2.75) is 6.04 Å². The quantitative estimate of drug-likeness (QED) is 0.709. The van der Waals surface area contributed by atoms with Crippen LogP contribution < -0.4 is 16.0 Å². The summed E-state index contributed by atoms with van der Waals surface area (Å²) in [6.45, 7) is 1.99. The van der Waals surface area contributed by atoms with Crippen molar-refractivity contribution in [2.75, 3.05) is 24.5 Å². The van der Waals surface area contributed by atoms with Crippen molar-refractivity contribution in [3.8, 4) is 0 Å². The first-order valence-corrected chi connectivity index (χ1v) is 5.84. The first kappa shape index (κ1) is 11.0. The van der Waals surface area contributed by atoms with Crippen LogP contribution in [0.3, 0.4) is 0 Å². The van der Waals surface area contributed by atoms with E-state index in [1.54, 1.807) is 4.52 Å². The zero-order valence-electron chi connectivity index (χ0n) is 9.78. The smallest absolute Gasteiger partial charge is 0.246 e. The van der Waals surface area contributed by atoms with Gasteiger partial charge in [0, 0.05) is 25.8 Å². The predicted octanol–water partition coefficient (Wildman–Crippen LogP) is -1.01. The van der Waals surface area contributed by atoms with Crippen LogP contribution in [0, 0.1) is 0 Å². The zero-order chi connectivity index (χ0) is 12.5. The average Bonchev–Trinajstić information content (AvgIpc) is 2.82. The van der Waals surface area contributed by atoms with Crippen molar-refractivity contribution in [3.05, 3.63) is 24.4 Å². The number of aromatic nitrogens is 3. The van der Waals surface area contributed by atoms with Gasteiger partial charge in [0.1, 0.15) is 6.04 Å². The Hall–Kier alpha value is -2.15. The van der Waals surface area contributed by atoms with Gasteiger partial charge in [0.2, 0.25) is 11.9 Å². The fourth-order valence-electron chi connectivity index (χ4n) is 2.14. The Morgan fingerprint density at radius 2 is 2.39 bits per heavy atom. The lowest BCUT2D eigenvalue weighted by molar-refractivity contribution is -0.119. The van der Waals surface area contributed by atoms with Gasteiger partial charge in [0.05, 0.1) is 0 Å². The molecule has 1 amide bonds. The minimum absolute atomic E-state index is 0.360. The number of nitrogens with zero attached hydrogens (tertiary/aromatic N) is 4. The van der Waals surface area contributed by atoms with E-state index in [0.717, 1.165) is 12.2 Å². The molecular formula is C11H14N6O. The van der Waals surface area contributed by atoms with E-state index in [-0.39, 0.29) is 5.91 Å². The highest BCUT2D eigenvalue weighted by atomic mass is 16.1. The van der Waals surface area contributed by atoms with E-state index < -0.39 is 6.04 Å². The molecule has 1 aliphatic heterocycles. The average molecular weight is 246 g/mol. The van der Waals surface area contributed by atoms with Crippen LogP contribution in [0.15, 0.2) is 24.4 Å². The third-order valence-electron chi connectivity index (χ3n) is 3.06. The SMILES string of the molecule is NC(=O)C1CNCCN1c1nc2ccccn2n1. The van der Waals surface area contributed by atoms with Gasteiger partial charge in [-0.25, -0.2) is 4.52 Å². The molecule has 3 N–H and O–H groups in total. The number of pyridine rings is 1. The second-order valence-electron chi connectivity index (χ2n) is 4.23. The summed E-state index contributed by atoms with van der Waals surface area (Å²) in [6.07, 6.45) is 1.83. The fraction of sp³-hybridized carbons (Fsp3) is 0.364. The van der Waals surface area contributed by atoms with E-state index in [4.69, 9.17) is 5.73 Å². The van der Waals surface area contributed by atoms with Crippen LogP contribution in [-0.2, 0) is 4.79 Å². The number of amides is 1. The number of primary amides is 1. The van der Waals surface area contributed by atoms with Gasteiger partial charge in [0.15, 0.2) is 5.65 Å². The lowest BCUT2D eigenvalue weighted by atomic mass is 10.2. The van der Waals surface area contributed by atoms with Crippen molar-refractivity contribution in [2.24, 2.45) is 5.73 Å². The zero-order valence-corrected chi connectivity index (χ0v) is 9.78. The number of carbonyl (C=O) groups excluding carboxylic acids is 1. The molecule has 2 aromatic heterocycles. The Bertz CT molecular complexity index is 547. The summed E-state index contributed by atoms with van der Waals surface area (Å²) < 4.78 is 1.69. The highest BCUT2D eigenvalue weighted by molar-refractivity contribution is 5.83. The Balaban J connectivity index is 1.98. The van der Waals surface area contributed by atoms with Crippen LogP contribution in [-0.4, -0.2) is 46.2 Å². The van der Waals surface area contributed by atoms with Crippen LogP contribution in [0.1, 0.15) is 0 Å². The third-order valence-corrected chi connectivity index (χ3v) is 3.06. The molecule has 1 saturated heterocycles. The molecule has 3 rings (SSSR count). The number of carbonyl (C=O) groups is 1. The molecule has 2 aromatic rings. The van der Waals surface area contributed by atoms with Crippen molar-refractivity contribution < 1.29 is 4.79 Å². The molecule has 0 saturated carbocycles. The number of nitrogens with one attached hydrogen (secondary N) is 1. The molecule has 7 nitrogen and oxygen atoms in total. The molecule has 1 fully saturated rings. The second-order valence-corrected chi connectivity index (χ2v) is 4.23. The lowest BCUT2D eigenvalue weighted by Crippen LogP contribution is -2.57. The summed E-state index contributed by atoms with van der Waals surface area (Å²) in [7, 11) is 0. The number of nitrogens with two attached hydrogens (primary N) is 1. The van der Waals surface area contributed by atoms with Gasteiger partial charge in [-0.05, 0) is 12.1 Å². The van der Waals surface area contributed by atoms with Crippen molar-refractivity contribution in [1.29, 1.82) is 0 Å². The van der Waals surface area contributed by atoms with E-state index in [2.05, 4.69) is 15.4 Å². The molecule has 0 spiro atoms. The number of fused-ring (bicyclic) bond motifs is 1. The van der Waals surface area contributed by atoms with Crippen molar-refractivity contribution in [3.63, 3.8) is 0 Å². The fourth-order valence-corrected chi connectivity index (χ4v) is 2.14. The number of piperazine rings is 1. The Labute approximate surface area is 104 Å². The summed E-state index contributed by atoms with van der Waals surface area (Å²) in [5, 5.41) is 7.51. The number of hydrogen-bond acceptors (Lipinski definition) is 5. The minimum Gasteiger partial charge on any atom is -0.368 e. The maximum atomic E-state index is 11.4. The van der Waals surface area contributed by atoms with Crippen LogP contribution in [0.25, 0.3) is 5.65 Å². The molecule has 0 aliphatic carbocycles. The van der Waals surface area contributed by atoms with Crippen LogP contribution in [0.5, 0.6) is 0 Å². The van der Waals surface area contributed by atoms with Gasteiger partial charge in [0.25, 0.3) is 0 Å². The van der Waals surface area contributed by atoms with Crippen LogP contribution in [0.4, 0.5) is 5.95 Å². The topological polar surface area (TPSA) is 88.5 Å². The van der Waals surface area contributed by atoms with E-state index in [9.17, 15) is 4.79 Å². The maximum absolute atomic E-state index is 11.4. The first-order chi connectivity index (χ1) is 8.75. The van der Waals surface area contributed by atoms with Gasteiger partial charge in [-0.3, -0.25) is 4.79 Å².